The summed E-state index contributed by atoms with van der Waals surface area (Å²) in [7, 11) is 1.65. The third-order valence-electron chi connectivity index (χ3n) is 5.62. The molecule has 32 heavy (non-hydrogen) atoms. The van der Waals surface area contributed by atoms with Crippen LogP contribution in [0.4, 0.5) is 4.79 Å². The molecule has 0 unspecified atom stereocenters. The molecule has 1 heterocycles. The first-order valence-corrected chi connectivity index (χ1v) is 12.6. The van der Waals surface area contributed by atoms with Crippen molar-refractivity contribution in [2.24, 2.45) is 0 Å². The van der Waals surface area contributed by atoms with E-state index in [0.29, 0.717) is 13.0 Å². The van der Waals surface area contributed by atoms with Crippen LogP contribution in [0.15, 0.2) is 0 Å². The van der Waals surface area contributed by atoms with Gasteiger partial charge in [0.05, 0.1) is 6.54 Å². The third-order valence-corrected chi connectivity index (χ3v) is 5.62. The molecule has 0 aromatic rings. The van der Waals surface area contributed by atoms with Crippen molar-refractivity contribution in [1.29, 1.82) is 0 Å². The molecule has 186 valence electrons. The fourth-order valence-electron chi connectivity index (χ4n) is 3.93. The lowest BCUT2D eigenvalue weighted by atomic mass is 10.0. The van der Waals surface area contributed by atoms with Crippen LogP contribution in [-0.2, 0) is 19.1 Å². The Kier molecular flexibility index (Phi) is 13.3. The lowest BCUT2D eigenvalue weighted by Crippen LogP contribution is -2.56. The summed E-state index contributed by atoms with van der Waals surface area (Å²) in [4.78, 5) is 38.1. The van der Waals surface area contributed by atoms with Gasteiger partial charge in [0.1, 0.15) is 17.7 Å². The number of nitrogens with zero attached hydrogens (tertiary/aromatic N) is 1. The molecule has 1 N–H and O–H groups in total. The van der Waals surface area contributed by atoms with Crippen molar-refractivity contribution in [3.63, 3.8) is 0 Å². The highest BCUT2D eigenvalue weighted by molar-refractivity contribution is 5.86. The summed E-state index contributed by atoms with van der Waals surface area (Å²) < 4.78 is 10.8. The Balaban J connectivity index is 2.21. The number of hydrogen-bond donors (Lipinski definition) is 1. The summed E-state index contributed by atoms with van der Waals surface area (Å²) >= 11 is 0. The molecule has 1 saturated heterocycles. The molecule has 0 spiro atoms. The number of carbonyl (C=O) groups excluding carboxylic acids is 3. The Hall–Kier alpha value is -1.79. The summed E-state index contributed by atoms with van der Waals surface area (Å²) in [5.74, 6) is -0.432. The van der Waals surface area contributed by atoms with Gasteiger partial charge in [-0.2, -0.15) is 0 Å². The van der Waals surface area contributed by atoms with Gasteiger partial charge in [-0.1, -0.05) is 71.1 Å². The standard InChI is InChI=1S/C25H46N2O5/c1-6-7-8-9-10-11-12-13-14-15-16-17-22(28)31-20-18-21(23(29)27(5)19-20)26-24(30)32-25(2,3)4/h20-21H,6-19H2,1-5H3,(H,26,30)/t20-,21-/m1/s1. The topological polar surface area (TPSA) is 84.9 Å². The fraction of sp³-hybridized carbons (Fsp3) is 0.880. The largest absolute Gasteiger partial charge is 0.460 e. The number of carbonyl (C=O) groups is 3. The van der Waals surface area contributed by atoms with Crippen LogP contribution in [0.25, 0.3) is 0 Å². The van der Waals surface area contributed by atoms with Crippen LogP contribution in [0.1, 0.15) is 111 Å². The lowest BCUT2D eigenvalue weighted by molar-refractivity contribution is -0.157. The van der Waals surface area contributed by atoms with Crippen LogP contribution in [0, 0.1) is 0 Å². The normalized spacial score (nSPS) is 19.0. The van der Waals surface area contributed by atoms with E-state index in [2.05, 4.69) is 12.2 Å². The minimum atomic E-state index is -0.747. The van der Waals surface area contributed by atoms with Crippen LogP contribution < -0.4 is 5.32 Å². The van der Waals surface area contributed by atoms with Crippen molar-refractivity contribution < 1.29 is 23.9 Å². The number of piperidine rings is 1. The highest BCUT2D eigenvalue weighted by atomic mass is 16.6. The number of esters is 1. The van der Waals surface area contributed by atoms with Crippen molar-refractivity contribution in [3.05, 3.63) is 0 Å². The number of nitrogens with one attached hydrogen (secondary N) is 1. The first-order chi connectivity index (χ1) is 15.1. The van der Waals surface area contributed by atoms with E-state index in [4.69, 9.17) is 9.47 Å². The SMILES string of the molecule is CCCCCCCCCCCCCC(=O)O[C@@H]1C[C@@H](NC(=O)OC(C)(C)C)C(=O)N(C)C1. The van der Waals surface area contributed by atoms with Crippen LogP contribution in [0.2, 0.25) is 0 Å². The number of ether oxygens (including phenoxy) is 2. The quantitative estimate of drug-likeness (QED) is 0.282. The molecule has 0 radical (unpaired) electrons. The van der Waals surface area contributed by atoms with Gasteiger partial charge in [-0.3, -0.25) is 9.59 Å². The summed E-state index contributed by atoms with van der Waals surface area (Å²) in [6.45, 7) is 7.88. The van der Waals surface area contributed by atoms with E-state index in [0.717, 1.165) is 19.3 Å². The zero-order valence-electron chi connectivity index (χ0n) is 21.0. The van der Waals surface area contributed by atoms with E-state index in [-0.39, 0.29) is 18.3 Å². The molecule has 7 heteroatoms. The number of hydrogen-bond acceptors (Lipinski definition) is 5. The minimum Gasteiger partial charge on any atom is -0.460 e. The van der Waals surface area contributed by atoms with Gasteiger partial charge in [0.2, 0.25) is 5.91 Å². The van der Waals surface area contributed by atoms with Crippen molar-refractivity contribution in [2.75, 3.05) is 13.6 Å². The molecule has 2 amide bonds. The van der Waals surface area contributed by atoms with Gasteiger partial charge < -0.3 is 19.7 Å². The van der Waals surface area contributed by atoms with Gasteiger partial charge in [0, 0.05) is 19.9 Å². The number of likely N-dealkylation sites (N-methyl/N-ethyl adjacent to an activating group) is 1. The second kappa shape index (κ2) is 15.1. The van der Waals surface area contributed by atoms with Crippen LogP contribution in [0.5, 0.6) is 0 Å². The van der Waals surface area contributed by atoms with E-state index < -0.39 is 23.8 Å². The first-order valence-electron chi connectivity index (χ1n) is 12.6. The van der Waals surface area contributed by atoms with Gasteiger partial charge in [0.15, 0.2) is 0 Å². The van der Waals surface area contributed by atoms with Crippen molar-refractivity contribution in [2.45, 2.75) is 129 Å². The molecule has 1 fully saturated rings. The molecule has 7 nitrogen and oxygen atoms in total. The Labute approximate surface area is 195 Å². The predicted octanol–water partition coefficient (Wildman–Crippen LogP) is 5.35. The maximum atomic E-state index is 12.4. The minimum absolute atomic E-state index is 0.200. The Morgan fingerprint density at radius 3 is 2.03 bits per heavy atom. The molecule has 0 saturated carbocycles. The van der Waals surface area contributed by atoms with E-state index in [9.17, 15) is 14.4 Å². The van der Waals surface area contributed by atoms with Gasteiger partial charge in [-0.05, 0) is 27.2 Å². The van der Waals surface area contributed by atoms with Gasteiger partial charge in [-0.15, -0.1) is 0 Å². The number of likely N-dealkylation sites (tertiary alicyclic amines) is 1. The Bertz CT molecular complexity index is 573. The van der Waals surface area contributed by atoms with Crippen LogP contribution in [0.3, 0.4) is 0 Å². The molecule has 0 aromatic carbocycles. The maximum absolute atomic E-state index is 12.4. The highest BCUT2D eigenvalue weighted by Crippen LogP contribution is 2.17. The highest BCUT2D eigenvalue weighted by Gasteiger charge is 2.36. The molecule has 1 rings (SSSR count). The summed E-state index contributed by atoms with van der Waals surface area (Å²) in [5.41, 5.74) is -0.645. The van der Waals surface area contributed by atoms with Crippen LogP contribution >= 0.6 is 0 Å². The fourth-order valence-corrected chi connectivity index (χ4v) is 3.93. The third kappa shape index (κ3) is 12.9. The van der Waals surface area contributed by atoms with E-state index in [1.165, 1.54) is 56.3 Å². The zero-order valence-corrected chi connectivity index (χ0v) is 21.0. The molecule has 0 bridgehead atoms. The average molecular weight is 455 g/mol. The second-order valence-corrected chi connectivity index (χ2v) is 10.1. The van der Waals surface area contributed by atoms with Gasteiger partial charge >= 0.3 is 12.1 Å². The predicted molar refractivity (Wildman–Crippen MR) is 126 cm³/mol. The van der Waals surface area contributed by atoms with E-state index in [1.54, 1.807) is 27.8 Å². The average Bonchev–Trinajstić information content (AvgIpc) is 2.68. The Morgan fingerprint density at radius 2 is 1.50 bits per heavy atom. The number of amides is 2. The summed E-state index contributed by atoms with van der Waals surface area (Å²) in [5, 5.41) is 2.61. The molecular weight excluding hydrogens is 408 g/mol. The number of rotatable bonds is 14. The molecule has 0 aromatic heterocycles. The van der Waals surface area contributed by atoms with Crippen molar-refractivity contribution >= 4 is 18.0 Å². The molecule has 2 atom stereocenters. The Morgan fingerprint density at radius 1 is 0.969 bits per heavy atom. The monoisotopic (exact) mass is 454 g/mol. The molecule has 1 aliphatic heterocycles. The summed E-state index contributed by atoms with van der Waals surface area (Å²) in [6.07, 6.45) is 13.2. The molecule has 0 aliphatic carbocycles. The van der Waals surface area contributed by atoms with Gasteiger partial charge in [-0.25, -0.2) is 4.79 Å². The number of unbranched alkanes of at least 4 members (excludes halogenated alkanes) is 10. The van der Waals surface area contributed by atoms with Crippen molar-refractivity contribution in [1.82, 2.24) is 10.2 Å². The van der Waals surface area contributed by atoms with E-state index in [1.807, 2.05) is 0 Å². The maximum Gasteiger partial charge on any atom is 0.408 e. The molecule has 1 aliphatic rings. The molecular formula is C25H46N2O5. The van der Waals surface area contributed by atoms with Gasteiger partial charge in [0.25, 0.3) is 0 Å². The smallest absolute Gasteiger partial charge is 0.408 e. The van der Waals surface area contributed by atoms with E-state index >= 15 is 0 Å². The number of alkyl carbamates (subject to hydrolysis) is 1. The van der Waals surface area contributed by atoms with Crippen LogP contribution in [-0.4, -0.2) is 54.2 Å². The van der Waals surface area contributed by atoms with Crippen molar-refractivity contribution in [3.8, 4) is 0 Å². The summed E-state index contributed by atoms with van der Waals surface area (Å²) in [6, 6.07) is -0.747. The first kappa shape index (κ1) is 28.2. The lowest BCUT2D eigenvalue weighted by Gasteiger charge is -2.35. The zero-order chi connectivity index (χ0) is 24.0. The second-order valence-electron chi connectivity index (χ2n) is 10.1.